The number of aromatic amines is 1. The number of nitrogens with one attached hydrogen (secondary N) is 2. The van der Waals surface area contributed by atoms with Crippen LogP contribution in [0.5, 0.6) is 5.75 Å². The van der Waals surface area contributed by atoms with Crippen LogP contribution < -0.4 is 10.1 Å². The summed E-state index contributed by atoms with van der Waals surface area (Å²) in [7, 11) is 0. The molecule has 1 unspecified atom stereocenters. The minimum Gasteiger partial charge on any atom is -0.406 e. The Kier molecular flexibility index (Phi) is 3.82. The van der Waals surface area contributed by atoms with E-state index in [1.807, 2.05) is 0 Å². The van der Waals surface area contributed by atoms with Gasteiger partial charge in [-0.2, -0.15) is 5.10 Å². The number of hydrogen-bond acceptors (Lipinski definition) is 4. The Bertz CT molecular complexity index is 796. The van der Waals surface area contributed by atoms with Gasteiger partial charge in [0.1, 0.15) is 5.75 Å². The van der Waals surface area contributed by atoms with E-state index in [0.29, 0.717) is 16.8 Å². The van der Waals surface area contributed by atoms with E-state index in [-0.39, 0.29) is 23.4 Å². The maximum atomic E-state index is 12.6. The topological polar surface area (TPSA) is 70.2 Å². The summed E-state index contributed by atoms with van der Waals surface area (Å²) in [5, 5.41) is 9.94. The van der Waals surface area contributed by atoms with Crippen molar-refractivity contribution in [3.8, 4) is 5.75 Å². The second-order valence-electron chi connectivity index (χ2n) is 6.55. The third-order valence-corrected chi connectivity index (χ3v) is 4.96. The van der Waals surface area contributed by atoms with Gasteiger partial charge in [-0.1, -0.05) is 0 Å². The summed E-state index contributed by atoms with van der Waals surface area (Å²) >= 11 is 0. The predicted molar refractivity (Wildman–Crippen MR) is 83.2 cm³/mol. The fraction of sp³-hybridized carbons (Fsp3) is 0.500. The number of aromatic nitrogens is 2. The van der Waals surface area contributed by atoms with E-state index in [2.05, 4.69) is 25.2 Å². The zero-order valence-electron chi connectivity index (χ0n) is 13.3. The molecule has 0 saturated carbocycles. The standard InChI is InChI=1S/C16H17F3N4O2/c17-16(18,19)25-10-1-2-12-11(7-10)14(22-21-12)15(24)20-13-8-23-5-3-9(13)4-6-23/h1-2,7,9,13H,3-6,8H2,(H,20,24)(H,21,22). The van der Waals surface area contributed by atoms with Crippen LogP contribution in [0, 0.1) is 5.92 Å². The third-order valence-electron chi connectivity index (χ3n) is 4.96. The maximum Gasteiger partial charge on any atom is 0.573 e. The minimum atomic E-state index is -4.78. The molecule has 2 aromatic rings. The third kappa shape index (κ3) is 3.28. The molecule has 3 saturated heterocycles. The van der Waals surface area contributed by atoms with Crippen LogP contribution in [0.1, 0.15) is 23.3 Å². The Hall–Kier alpha value is -2.29. The first-order valence-electron chi connectivity index (χ1n) is 8.16. The van der Waals surface area contributed by atoms with E-state index in [4.69, 9.17) is 0 Å². The van der Waals surface area contributed by atoms with Crippen molar-refractivity contribution in [2.24, 2.45) is 5.92 Å². The van der Waals surface area contributed by atoms with Gasteiger partial charge in [-0.05, 0) is 50.0 Å². The average molecular weight is 354 g/mol. The number of benzene rings is 1. The summed E-state index contributed by atoms with van der Waals surface area (Å²) in [5.74, 6) is -0.310. The molecule has 2 bridgehead atoms. The number of piperidine rings is 3. The van der Waals surface area contributed by atoms with Gasteiger partial charge in [-0.3, -0.25) is 9.89 Å². The molecular formula is C16H17F3N4O2. The lowest BCUT2D eigenvalue weighted by Gasteiger charge is -2.44. The monoisotopic (exact) mass is 354 g/mol. The van der Waals surface area contributed by atoms with Gasteiger partial charge in [-0.25, -0.2) is 0 Å². The van der Waals surface area contributed by atoms with Crippen LogP contribution in [-0.2, 0) is 0 Å². The summed E-state index contributed by atoms with van der Waals surface area (Å²) in [6, 6.07) is 3.83. The van der Waals surface area contributed by atoms with E-state index < -0.39 is 6.36 Å². The molecule has 6 nitrogen and oxygen atoms in total. The van der Waals surface area contributed by atoms with E-state index in [9.17, 15) is 18.0 Å². The van der Waals surface area contributed by atoms with Crippen molar-refractivity contribution in [2.45, 2.75) is 25.2 Å². The molecule has 25 heavy (non-hydrogen) atoms. The lowest BCUT2D eigenvalue weighted by Crippen LogP contribution is -2.57. The first-order chi connectivity index (χ1) is 11.9. The van der Waals surface area contributed by atoms with Gasteiger partial charge in [0.25, 0.3) is 5.91 Å². The number of nitrogens with zero attached hydrogens (tertiary/aromatic N) is 2. The Morgan fingerprint density at radius 2 is 2.08 bits per heavy atom. The zero-order valence-corrected chi connectivity index (χ0v) is 13.3. The quantitative estimate of drug-likeness (QED) is 0.887. The first kappa shape index (κ1) is 16.2. The van der Waals surface area contributed by atoms with Crippen molar-refractivity contribution in [3.05, 3.63) is 23.9 Å². The summed E-state index contributed by atoms with van der Waals surface area (Å²) < 4.78 is 41.1. The molecule has 1 atom stereocenters. The molecule has 0 spiro atoms. The molecule has 5 rings (SSSR count). The summed E-state index contributed by atoms with van der Waals surface area (Å²) in [4.78, 5) is 14.9. The van der Waals surface area contributed by atoms with Crippen molar-refractivity contribution in [3.63, 3.8) is 0 Å². The van der Waals surface area contributed by atoms with Gasteiger partial charge in [-0.15, -0.1) is 13.2 Å². The Morgan fingerprint density at radius 3 is 2.72 bits per heavy atom. The largest absolute Gasteiger partial charge is 0.573 e. The van der Waals surface area contributed by atoms with Crippen LogP contribution in [0.15, 0.2) is 18.2 Å². The number of carbonyl (C=O) groups is 1. The smallest absolute Gasteiger partial charge is 0.406 e. The van der Waals surface area contributed by atoms with E-state index in [0.717, 1.165) is 32.5 Å². The molecule has 3 fully saturated rings. The van der Waals surface area contributed by atoms with Crippen LogP contribution >= 0.6 is 0 Å². The molecule has 9 heteroatoms. The maximum absolute atomic E-state index is 12.6. The predicted octanol–water partition coefficient (Wildman–Crippen LogP) is 2.29. The van der Waals surface area contributed by atoms with E-state index in [1.54, 1.807) is 0 Å². The Balaban J connectivity index is 1.55. The van der Waals surface area contributed by atoms with Crippen LogP contribution in [-0.4, -0.2) is 53.0 Å². The average Bonchev–Trinajstić information content (AvgIpc) is 2.97. The molecule has 134 valence electrons. The van der Waals surface area contributed by atoms with Gasteiger partial charge in [0.15, 0.2) is 5.69 Å². The molecule has 1 amide bonds. The highest BCUT2D eigenvalue weighted by Gasteiger charge is 2.35. The van der Waals surface area contributed by atoms with Gasteiger partial charge in [0.05, 0.1) is 5.52 Å². The first-order valence-corrected chi connectivity index (χ1v) is 8.16. The highest BCUT2D eigenvalue weighted by molar-refractivity contribution is 6.05. The molecule has 0 radical (unpaired) electrons. The van der Waals surface area contributed by atoms with Gasteiger partial charge in [0, 0.05) is 18.0 Å². The lowest BCUT2D eigenvalue weighted by atomic mass is 9.84. The minimum absolute atomic E-state index is 0.0522. The second kappa shape index (κ2) is 5.91. The number of halogens is 3. The van der Waals surface area contributed by atoms with Gasteiger partial charge >= 0.3 is 6.36 Å². The number of rotatable bonds is 3. The number of carbonyl (C=O) groups excluding carboxylic acids is 1. The molecule has 2 N–H and O–H groups in total. The van der Waals surface area contributed by atoms with Crippen molar-refractivity contribution in [1.82, 2.24) is 20.4 Å². The highest BCUT2D eigenvalue weighted by atomic mass is 19.4. The fourth-order valence-electron chi connectivity index (χ4n) is 3.73. The fourth-order valence-corrected chi connectivity index (χ4v) is 3.73. The van der Waals surface area contributed by atoms with E-state index in [1.165, 1.54) is 18.2 Å². The Morgan fingerprint density at radius 1 is 1.32 bits per heavy atom. The van der Waals surface area contributed by atoms with Gasteiger partial charge < -0.3 is 15.0 Å². The number of hydrogen-bond donors (Lipinski definition) is 2. The van der Waals surface area contributed by atoms with E-state index >= 15 is 0 Å². The van der Waals surface area contributed by atoms with Gasteiger partial charge in [0.2, 0.25) is 0 Å². The number of alkyl halides is 3. The van der Waals surface area contributed by atoms with Crippen LogP contribution in [0.3, 0.4) is 0 Å². The van der Waals surface area contributed by atoms with Crippen molar-refractivity contribution in [2.75, 3.05) is 19.6 Å². The number of H-pyrrole nitrogens is 1. The SMILES string of the molecule is O=C(NC1CN2CCC1CC2)c1n[nH]c2ccc(OC(F)(F)F)cc12. The molecule has 1 aromatic carbocycles. The number of ether oxygens (including phenoxy) is 1. The zero-order chi connectivity index (χ0) is 17.6. The second-order valence-corrected chi connectivity index (χ2v) is 6.55. The molecule has 3 aliphatic heterocycles. The molecule has 3 aliphatic rings. The number of amides is 1. The molecule has 1 aromatic heterocycles. The molecule has 4 heterocycles. The van der Waals surface area contributed by atoms with Crippen molar-refractivity contribution in [1.29, 1.82) is 0 Å². The van der Waals surface area contributed by atoms with Crippen molar-refractivity contribution < 1.29 is 22.7 Å². The van der Waals surface area contributed by atoms with Crippen LogP contribution in [0.25, 0.3) is 10.9 Å². The van der Waals surface area contributed by atoms with Crippen LogP contribution in [0.4, 0.5) is 13.2 Å². The lowest BCUT2D eigenvalue weighted by molar-refractivity contribution is -0.274. The molecular weight excluding hydrogens is 337 g/mol. The van der Waals surface area contributed by atoms with Crippen LogP contribution in [0.2, 0.25) is 0 Å². The highest BCUT2D eigenvalue weighted by Crippen LogP contribution is 2.29. The molecule has 0 aliphatic carbocycles. The summed E-state index contributed by atoms with van der Waals surface area (Å²) in [6.45, 7) is 2.92. The number of fused-ring (bicyclic) bond motifs is 4. The normalized spacial score (nSPS) is 26.0. The Labute approximate surface area is 141 Å². The summed E-state index contributed by atoms with van der Waals surface area (Å²) in [6.07, 6.45) is -2.68. The van der Waals surface area contributed by atoms with Crippen molar-refractivity contribution >= 4 is 16.8 Å². The summed E-state index contributed by atoms with van der Waals surface area (Å²) in [5.41, 5.74) is 0.563.